The van der Waals surface area contributed by atoms with Gasteiger partial charge in [0, 0.05) is 23.0 Å². The van der Waals surface area contributed by atoms with Crippen LogP contribution in [0, 0.1) is 5.41 Å². The highest BCUT2D eigenvalue weighted by Gasteiger charge is 2.28. The summed E-state index contributed by atoms with van der Waals surface area (Å²) in [5.41, 5.74) is -0.395. The van der Waals surface area contributed by atoms with Gasteiger partial charge in [-0.3, -0.25) is 0 Å². The number of nitrogens with one attached hydrogen (secondary N) is 1. The molecule has 4 nitrogen and oxygen atoms in total. The average Bonchev–Trinajstić information content (AvgIpc) is 2.41. The number of rotatable bonds is 7. The Morgan fingerprint density at radius 3 is 2.32 bits per heavy atom. The molecule has 1 aromatic carbocycles. The Hall–Kier alpha value is -0.430. The highest BCUT2D eigenvalue weighted by molar-refractivity contribution is 9.10. The number of hydrogen-bond donors (Lipinski definition) is 2. The van der Waals surface area contributed by atoms with Crippen molar-refractivity contribution >= 4 is 26.0 Å². The summed E-state index contributed by atoms with van der Waals surface area (Å²) in [5, 5.41) is 9.45. The zero-order valence-electron chi connectivity index (χ0n) is 11.2. The van der Waals surface area contributed by atoms with Gasteiger partial charge in [-0.05, 0) is 40.9 Å². The summed E-state index contributed by atoms with van der Waals surface area (Å²) in [4.78, 5) is 0.217. The fourth-order valence-electron chi connectivity index (χ4n) is 1.77. The molecule has 1 aromatic rings. The molecule has 0 saturated heterocycles. The molecule has 19 heavy (non-hydrogen) atoms. The standard InChI is InChI=1S/C13H20BrNO3S/c1-3-13(4-2,10-16)9-15-19(17,18)12-8-6-5-7-11(12)14/h5-8,15-16H,3-4,9-10H2,1-2H3. The second-order valence-electron chi connectivity index (χ2n) is 4.62. The van der Waals surface area contributed by atoms with E-state index in [1.54, 1.807) is 24.3 Å². The second kappa shape index (κ2) is 6.83. The second-order valence-corrected chi connectivity index (χ2v) is 7.21. The third kappa shape index (κ3) is 4.02. The molecule has 0 aliphatic heterocycles. The van der Waals surface area contributed by atoms with Gasteiger partial charge >= 0.3 is 0 Å². The van der Waals surface area contributed by atoms with Gasteiger partial charge in [0.05, 0.1) is 4.90 Å². The van der Waals surface area contributed by atoms with Crippen molar-refractivity contribution in [1.29, 1.82) is 0 Å². The molecule has 0 aromatic heterocycles. The van der Waals surface area contributed by atoms with Crippen molar-refractivity contribution in [3.63, 3.8) is 0 Å². The molecule has 0 atom stereocenters. The van der Waals surface area contributed by atoms with Crippen molar-refractivity contribution in [2.75, 3.05) is 13.2 Å². The van der Waals surface area contributed by atoms with Crippen LogP contribution in [0.5, 0.6) is 0 Å². The van der Waals surface area contributed by atoms with Gasteiger partial charge < -0.3 is 5.11 Å². The smallest absolute Gasteiger partial charge is 0.241 e. The summed E-state index contributed by atoms with van der Waals surface area (Å²) in [5.74, 6) is 0. The van der Waals surface area contributed by atoms with Crippen LogP contribution in [0.4, 0.5) is 0 Å². The molecule has 0 amide bonds. The van der Waals surface area contributed by atoms with E-state index in [0.29, 0.717) is 4.47 Å². The molecule has 0 heterocycles. The molecular weight excluding hydrogens is 330 g/mol. The fourth-order valence-corrected chi connectivity index (χ4v) is 3.93. The minimum Gasteiger partial charge on any atom is -0.396 e. The van der Waals surface area contributed by atoms with Crippen molar-refractivity contribution in [3.8, 4) is 0 Å². The molecule has 0 saturated carbocycles. The Labute approximate surface area is 123 Å². The summed E-state index contributed by atoms with van der Waals surface area (Å²) in [6.45, 7) is 4.11. The predicted molar refractivity (Wildman–Crippen MR) is 79.4 cm³/mol. The van der Waals surface area contributed by atoms with Crippen LogP contribution < -0.4 is 4.72 Å². The van der Waals surface area contributed by atoms with Gasteiger partial charge in [0.25, 0.3) is 0 Å². The first-order valence-electron chi connectivity index (χ1n) is 6.26. The maximum absolute atomic E-state index is 12.2. The highest BCUT2D eigenvalue weighted by atomic mass is 79.9. The van der Waals surface area contributed by atoms with Crippen molar-refractivity contribution in [1.82, 2.24) is 4.72 Å². The summed E-state index contributed by atoms with van der Waals surface area (Å²) < 4.78 is 27.6. The maximum Gasteiger partial charge on any atom is 0.241 e. The molecule has 0 fully saturated rings. The van der Waals surface area contributed by atoms with Crippen molar-refractivity contribution in [2.45, 2.75) is 31.6 Å². The molecule has 108 valence electrons. The fraction of sp³-hybridized carbons (Fsp3) is 0.538. The summed E-state index contributed by atoms with van der Waals surface area (Å²) in [6, 6.07) is 6.68. The number of halogens is 1. The lowest BCUT2D eigenvalue weighted by molar-refractivity contribution is 0.119. The van der Waals surface area contributed by atoms with Crippen LogP contribution in [0.1, 0.15) is 26.7 Å². The van der Waals surface area contributed by atoms with Crippen molar-refractivity contribution < 1.29 is 13.5 Å². The van der Waals surface area contributed by atoms with E-state index in [-0.39, 0.29) is 18.0 Å². The quantitative estimate of drug-likeness (QED) is 0.794. The normalized spacial score (nSPS) is 12.6. The van der Waals surface area contributed by atoms with Crippen LogP contribution >= 0.6 is 15.9 Å². The zero-order valence-corrected chi connectivity index (χ0v) is 13.6. The molecule has 0 aliphatic carbocycles. The Morgan fingerprint density at radius 2 is 1.84 bits per heavy atom. The van der Waals surface area contributed by atoms with E-state index in [4.69, 9.17) is 0 Å². The van der Waals surface area contributed by atoms with E-state index >= 15 is 0 Å². The van der Waals surface area contributed by atoms with Gasteiger partial charge in [0.2, 0.25) is 10.0 Å². The van der Waals surface area contributed by atoms with Crippen molar-refractivity contribution in [2.24, 2.45) is 5.41 Å². The summed E-state index contributed by atoms with van der Waals surface area (Å²) >= 11 is 3.24. The lowest BCUT2D eigenvalue weighted by atomic mass is 9.84. The lowest BCUT2D eigenvalue weighted by Crippen LogP contribution is -2.39. The molecule has 0 spiro atoms. The van der Waals surface area contributed by atoms with E-state index < -0.39 is 15.4 Å². The van der Waals surface area contributed by atoms with Crippen LogP contribution in [-0.4, -0.2) is 26.7 Å². The number of aliphatic hydroxyl groups excluding tert-OH is 1. The first-order chi connectivity index (χ1) is 8.90. The first-order valence-corrected chi connectivity index (χ1v) is 8.53. The molecule has 0 radical (unpaired) electrons. The molecule has 1 rings (SSSR count). The number of benzene rings is 1. The Balaban J connectivity index is 2.90. The van der Waals surface area contributed by atoms with Gasteiger partial charge in [0.15, 0.2) is 0 Å². The number of sulfonamides is 1. The predicted octanol–water partition coefficient (Wildman–Crippen LogP) is 2.53. The van der Waals surface area contributed by atoms with E-state index in [1.807, 2.05) is 13.8 Å². The average molecular weight is 350 g/mol. The van der Waals surface area contributed by atoms with Crippen LogP contribution in [0.2, 0.25) is 0 Å². The molecule has 2 N–H and O–H groups in total. The topological polar surface area (TPSA) is 66.4 Å². The molecular formula is C13H20BrNO3S. The van der Waals surface area contributed by atoms with E-state index in [0.717, 1.165) is 12.8 Å². The SMILES string of the molecule is CCC(CC)(CO)CNS(=O)(=O)c1ccccc1Br. The minimum absolute atomic E-state index is 0.0293. The Bertz CT molecular complexity index is 504. The monoisotopic (exact) mass is 349 g/mol. The molecule has 0 unspecified atom stereocenters. The van der Waals surface area contributed by atoms with E-state index in [1.165, 1.54) is 0 Å². The van der Waals surface area contributed by atoms with Gasteiger partial charge in [-0.25, -0.2) is 13.1 Å². The van der Waals surface area contributed by atoms with Crippen LogP contribution in [0.3, 0.4) is 0 Å². The van der Waals surface area contributed by atoms with Gasteiger partial charge in [0.1, 0.15) is 0 Å². The van der Waals surface area contributed by atoms with Crippen LogP contribution in [0.25, 0.3) is 0 Å². The maximum atomic E-state index is 12.2. The number of hydrogen-bond acceptors (Lipinski definition) is 3. The lowest BCUT2D eigenvalue weighted by Gasteiger charge is -2.29. The third-order valence-corrected chi connectivity index (χ3v) is 6.01. The minimum atomic E-state index is -3.56. The van der Waals surface area contributed by atoms with Gasteiger partial charge in [-0.15, -0.1) is 0 Å². The Morgan fingerprint density at radius 1 is 1.26 bits per heavy atom. The van der Waals surface area contributed by atoms with Gasteiger partial charge in [-0.1, -0.05) is 26.0 Å². The van der Waals surface area contributed by atoms with E-state index in [2.05, 4.69) is 20.7 Å². The molecule has 0 aliphatic rings. The third-order valence-electron chi connectivity index (χ3n) is 3.60. The Kier molecular flexibility index (Phi) is 5.98. The largest absolute Gasteiger partial charge is 0.396 e. The number of aliphatic hydroxyl groups is 1. The summed E-state index contributed by atoms with van der Waals surface area (Å²) in [6.07, 6.45) is 1.44. The zero-order chi connectivity index (χ0) is 14.5. The first kappa shape index (κ1) is 16.6. The highest BCUT2D eigenvalue weighted by Crippen LogP contribution is 2.26. The molecule has 6 heteroatoms. The van der Waals surface area contributed by atoms with Crippen molar-refractivity contribution in [3.05, 3.63) is 28.7 Å². The van der Waals surface area contributed by atoms with Crippen LogP contribution in [0.15, 0.2) is 33.6 Å². The molecule has 0 bridgehead atoms. The van der Waals surface area contributed by atoms with E-state index in [9.17, 15) is 13.5 Å². The van der Waals surface area contributed by atoms with Gasteiger partial charge in [-0.2, -0.15) is 0 Å². The summed E-state index contributed by atoms with van der Waals surface area (Å²) in [7, 11) is -3.56. The van der Waals surface area contributed by atoms with Crippen LogP contribution in [-0.2, 0) is 10.0 Å².